The average molecular weight is 307 g/mol. The van der Waals surface area contributed by atoms with E-state index in [-0.39, 0.29) is 0 Å². The molecule has 0 radical (unpaired) electrons. The van der Waals surface area contributed by atoms with Crippen molar-refractivity contribution < 1.29 is 0 Å². The highest BCUT2D eigenvalue weighted by Crippen LogP contribution is 2.41. The minimum Gasteiger partial charge on any atom is -0.368 e. The molecule has 2 fully saturated rings. The molecule has 21 heavy (non-hydrogen) atoms. The Bertz CT molecular complexity index is 474. The fourth-order valence-electron chi connectivity index (χ4n) is 4.09. The third-order valence-corrected chi connectivity index (χ3v) is 5.50. The highest BCUT2D eigenvalue weighted by atomic mass is 35.5. The van der Waals surface area contributed by atoms with Crippen LogP contribution in [0.3, 0.4) is 0 Å². The maximum absolute atomic E-state index is 6.50. The van der Waals surface area contributed by atoms with Gasteiger partial charge in [-0.3, -0.25) is 0 Å². The number of nitrogens with zero attached hydrogens (tertiary/aromatic N) is 1. The Morgan fingerprint density at radius 1 is 1.24 bits per heavy atom. The van der Waals surface area contributed by atoms with Crippen LogP contribution >= 0.6 is 11.6 Å². The first kappa shape index (κ1) is 15.2. The van der Waals surface area contributed by atoms with Gasteiger partial charge in [0.05, 0.1) is 0 Å². The number of fused-ring (bicyclic) bond motifs is 1. The standard InChI is InChI=1S/C18H27ClN2/c1-2-11-20-13-15-16(19)7-5-9-18(15)21-12-10-14-6-3-4-8-17(14)21/h5,7,9,14,17,20H,2-4,6,8,10-13H2,1H3. The Balaban J connectivity index is 1.82. The fourth-order valence-corrected chi connectivity index (χ4v) is 4.32. The van der Waals surface area contributed by atoms with Crippen LogP contribution in [0, 0.1) is 5.92 Å². The summed E-state index contributed by atoms with van der Waals surface area (Å²) in [6.45, 7) is 5.34. The van der Waals surface area contributed by atoms with Gasteiger partial charge in [-0.05, 0) is 50.3 Å². The number of anilines is 1. The van der Waals surface area contributed by atoms with Crippen molar-refractivity contribution in [2.45, 2.75) is 58.0 Å². The lowest BCUT2D eigenvalue weighted by Crippen LogP contribution is -2.35. The minimum absolute atomic E-state index is 0.752. The van der Waals surface area contributed by atoms with Crippen LogP contribution in [0.2, 0.25) is 5.02 Å². The van der Waals surface area contributed by atoms with E-state index in [0.717, 1.165) is 36.5 Å². The monoisotopic (exact) mass is 306 g/mol. The maximum Gasteiger partial charge on any atom is 0.0471 e. The molecule has 1 aliphatic carbocycles. The molecule has 1 heterocycles. The van der Waals surface area contributed by atoms with Crippen LogP contribution in [0.1, 0.15) is 51.0 Å². The summed E-state index contributed by atoms with van der Waals surface area (Å²) >= 11 is 6.50. The molecule has 0 amide bonds. The first-order valence-electron chi connectivity index (χ1n) is 8.56. The van der Waals surface area contributed by atoms with Crippen LogP contribution in [0.15, 0.2) is 18.2 Å². The molecule has 1 aromatic carbocycles. The average Bonchev–Trinajstić information content (AvgIpc) is 2.93. The number of halogens is 1. The molecule has 0 spiro atoms. The lowest BCUT2D eigenvalue weighted by Gasteiger charge is -2.34. The van der Waals surface area contributed by atoms with Crippen LogP contribution in [0.4, 0.5) is 5.69 Å². The quantitative estimate of drug-likeness (QED) is 0.799. The molecule has 1 N–H and O–H groups in total. The van der Waals surface area contributed by atoms with Gasteiger partial charge in [-0.2, -0.15) is 0 Å². The molecule has 2 nitrogen and oxygen atoms in total. The lowest BCUT2D eigenvalue weighted by atomic mass is 9.85. The Hall–Kier alpha value is -0.730. The van der Waals surface area contributed by atoms with Crippen LogP contribution in [-0.4, -0.2) is 19.1 Å². The van der Waals surface area contributed by atoms with Crippen LogP contribution in [-0.2, 0) is 6.54 Å². The third kappa shape index (κ3) is 3.22. The molecule has 116 valence electrons. The summed E-state index contributed by atoms with van der Waals surface area (Å²) < 4.78 is 0. The Morgan fingerprint density at radius 2 is 2.10 bits per heavy atom. The van der Waals surface area contributed by atoms with Crippen molar-refractivity contribution in [3.8, 4) is 0 Å². The summed E-state index contributed by atoms with van der Waals surface area (Å²) in [6, 6.07) is 7.16. The highest BCUT2D eigenvalue weighted by Gasteiger charge is 2.36. The zero-order valence-electron chi connectivity index (χ0n) is 13.1. The Kier molecular flexibility index (Phi) is 5.07. The number of benzene rings is 1. The van der Waals surface area contributed by atoms with Gasteiger partial charge in [0, 0.05) is 35.4 Å². The van der Waals surface area contributed by atoms with Crippen molar-refractivity contribution in [1.29, 1.82) is 0 Å². The topological polar surface area (TPSA) is 15.3 Å². The molecule has 3 rings (SSSR count). The third-order valence-electron chi connectivity index (χ3n) is 5.14. The summed E-state index contributed by atoms with van der Waals surface area (Å²) in [5.41, 5.74) is 2.67. The van der Waals surface area contributed by atoms with E-state index >= 15 is 0 Å². The smallest absolute Gasteiger partial charge is 0.0471 e. The summed E-state index contributed by atoms with van der Waals surface area (Å²) in [5, 5.41) is 4.43. The Morgan fingerprint density at radius 3 is 2.95 bits per heavy atom. The summed E-state index contributed by atoms with van der Waals surface area (Å²) in [4.78, 5) is 2.65. The molecule has 0 aromatic heterocycles. The maximum atomic E-state index is 6.50. The van der Waals surface area contributed by atoms with E-state index in [9.17, 15) is 0 Å². The number of hydrogen-bond acceptors (Lipinski definition) is 2. The predicted octanol–water partition coefficient (Wildman–Crippen LogP) is 4.61. The SMILES string of the molecule is CCCNCc1c(Cl)cccc1N1CCC2CCCCC21. The fraction of sp³-hybridized carbons (Fsp3) is 0.667. The second-order valence-corrected chi connectivity index (χ2v) is 6.92. The van der Waals surface area contributed by atoms with Crippen molar-refractivity contribution in [2.24, 2.45) is 5.92 Å². The molecule has 1 saturated carbocycles. The van der Waals surface area contributed by atoms with E-state index in [2.05, 4.69) is 29.3 Å². The molecule has 2 atom stereocenters. The zero-order valence-corrected chi connectivity index (χ0v) is 13.8. The molecule has 0 bridgehead atoms. The van der Waals surface area contributed by atoms with Gasteiger partial charge in [0.1, 0.15) is 0 Å². The van der Waals surface area contributed by atoms with Gasteiger partial charge in [0.25, 0.3) is 0 Å². The molecule has 2 aliphatic rings. The van der Waals surface area contributed by atoms with E-state index in [1.54, 1.807) is 0 Å². The van der Waals surface area contributed by atoms with E-state index in [0.29, 0.717) is 0 Å². The molecule has 1 saturated heterocycles. The van der Waals surface area contributed by atoms with E-state index < -0.39 is 0 Å². The minimum atomic E-state index is 0.752. The molecular formula is C18H27ClN2. The number of hydrogen-bond donors (Lipinski definition) is 1. The van der Waals surface area contributed by atoms with Gasteiger partial charge in [-0.15, -0.1) is 0 Å². The van der Waals surface area contributed by atoms with Gasteiger partial charge >= 0.3 is 0 Å². The lowest BCUT2D eigenvalue weighted by molar-refractivity contribution is 0.342. The van der Waals surface area contributed by atoms with Crippen LogP contribution in [0.25, 0.3) is 0 Å². The largest absolute Gasteiger partial charge is 0.368 e. The van der Waals surface area contributed by atoms with Crippen molar-refractivity contribution in [1.82, 2.24) is 5.32 Å². The molecule has 1 aliphatic heterocycles. The van der Waals surface area contributed by atoms with E-state index in [1.807, 2.05) is 6.07 Å². The molecule has 3 heteroatoms. The van der Waals surface area contributed by atoms with Crippen molar-refractivity contribution >= 4 is 17.3 Å². The van der Waals surface area contributed by atoms with E-state index in [1.165, 1.54) is 49.9 Å². The van der Waals surface area contributed by atoms with Crippen molar-refractivity contribution in [2.75, 3.05) is 18.0 Å². The summed E-state index contributed by atoms with van der Waals surface area (Å²) in [5.74, 6) is 0.911. The molecule has 2 unspecified atom stereocenters. The zero-order chi connectivity index (χ0) is 14.7. The van der Waals surface area contributed by atoms with Crippen molar-refractivity contribution in [3.63, 3.8) is 0 Å². The summed E-state index contributed by atoms with van der Waals surface area (Å²) in [6.07, 6.45) is 8.12. The second kappa shape index (κ2) is 7.02. The predicted molar refractivity (Wildman–Crippen MR) is 91.2 cm³/mol. The van der Waals surface area contributed by atoms with E-state index in [4.69, 9.17) is 11.6 Å². The number of rotatable bonds is 5. The van der Waals surface area contributed by atoms with Gasteiger partial charge in [-0.25, -0.2) is 0 Å². The highest BCUT2D eigenvalue weighted by molar-refractivity contribution is 6.31. The van der Waals surface area contributed by atoms with Crippen molar-refractivity contribution in [3.05, 3.63) is 28.8 Å². The first-order chi connectivity index (χ1) is 10.3. The Labute approximate surface area is 133 Å². The second-order valence-electron chi connectivity index (χ2n) is 6.51. The molecular weight excluding hydrogens is 280 g/mol. The number of nitrogens with one attached hydrogen (secondary N) is 1. The summed E-state index contributed by atoms with van der Waals surface area (Å²) in [7, 11) is 0. The van der Waals surface area contributed by atoms with Crippen LogP contribution in [0.5, 0.6) is 0 Å². The van der Waals surface area contributed by atoms with Gasteiger partial charge < -0.3 is 10.2 Å². The van der Waals surface area contributed by atoms with Gasteiger partial charge in [-0.1, -0.05) is 37.4 Å². The van der Waals surface area contributed by atoms with Crippen LogP contribution < -0.4 is 10.2 Å². The first-order valence-corrected chi connectivity index (χ1v) is 8.93. The normalized spacial score (nSPS) is 25.1. The molecule has 1 aromatic rings. The van der Waals surface area contributed by atoms with Gasteiger partial charge in [0.15, 0.2) is 0 Å². The van der Waals surface area contributed by atoms with Gasteiger partial charge in [0.2, 0.25) is 0 Å².